The topological polar surface area (TPSA) is 67.9 Å². The van der Waals surface area contributed by atoms with Gasteiger partial charge in [-0.25, -0.2) is 4.79 Å². The van der Waals surface area contributed by atoms with E-state index in [2.05, 4.69) is 5.32 Å². The summed E-state index contributed by atoms with van der Waals surface area (Å²) in [6.45, 7) is 4.42. The molecule has 2 atom stereocenters. The van der Waals surface area contributed by atoms with Crippen molar-refractivity contribution in [1.29, 1.82) is 0 Å². The maximum Gasteiger partial charge on any atom is 0.330 e. The summed E-state index contributed by atoms with van der Waals surface area (Å²) in [6.07, 6.45) is 2.38. The van der Waals surface area contributed by atoms with Crippen molar-refractivity contribution in [3.05, 3.63) is 0 Å². The molecule has 2 fully saturated rings. The number of ether oxygens (including phenoxy) is 2. The van der Waals surface area contributed by atoms with Crippen molar-refractivity contribution >= 4 is 11.9 Å². The van der Waals surface area contributed by atoms with Gasteiger partial charge in [0.25, 0.3) is 5.91 Å². The fourth-order valence-corrected chi connectivity index (χ4v) is 2.54. The molecule has 2 heterocycles. The van der Waals surface area contributed by atoms with E-state index in [-0.39, 0.29) is 18.0 Å². The zero-order chi connectivity index (χ0) is 13.7. The van der Waals surface area contributed by atoms with E-state index in [4.69, 9.17) is 9.47 Å². The van der Waals surface area contributed by atoms with Gasteiger partial charge < -0.3 is 19.7 Å². The lowest BCUT2D eigenvalue weighted by Crippen LogP contribution is -2.59. The van der Waals surface area contributed by atoms with Crippen LogP contribution in [0.4, 0.5) is 0 Å². The van der Waals surface area contributed by atoms with Crippen LogP contribution in [0.25, 0.3) is 0 Å². The summed E-state index contributed by atoms with van der Waals surface area (Å²) in [5, 5.41) is 3.13. The normalized spacial score (nSPS) is 27.9. The third-order valence-electron chi connectivity index (χ3n) is 3.54. The molecule has 1 amide bonds. The number of hydrogen-bond donors (Lipinski definition) is 1. The van der Waals surface area contributed by atoms with Crippen molar-refractivity contribution in [2.75, 3.05) is 32.8 Å². The van der Waals surface area contributed by atoms with E-state index in [0.29, 0.717) is 32.8 Å². The van der Waals surface area contributed by atoms with Crippen LogP contribution in [0.5, 0.6) is 0 Å². The third kappa shape index (κ3) is 3.45. The number of piperazine rings is 1. The summed E-state index contributed by atoms with van der Waals surface area (Å²) in [5.41, 5.74) is 0. The van der Waals surface area contributed by atoms with Crippen LogP contribution >= 0.6 is 0 Å². The van der Waals surface area contributed by atoms with E-state index < -0.39 is 6.04 Å². The van der Waals surface area contributed by atoms with Gasteiger partial charge in [0.2, 0.25) is 0 Å². The first-order chi connectivity index (χ1) is 9.24. The number of esters is 1. The number of amides is 1. The summed E-state index contributed by atoms with van der Waals surface area (Å²) in [7, 11) is 0. The molecular weight excluding hydrogens is 248 g/mol. The van der Waals surface area contributed by atoms with E-state index >= 15 is 0 Å². The van der Waals surface area contributed by atoms with E-state index in [1.165, 1.54) is 0 Å². The average Bonchev–Trinajstić information content (AvgIpc) is 2.47. The lowest BCUT2D eigenvalue weighted by molar-refractivity contribution is -0.161. The standard InChI is InChI=1S/C13H22N2O4/c1-2-18-13(17)10-9-14-6-7-15(10)12(16)11-5-3-4-8-19-11/h10-11,14H,2-9H2,1H3. The predicted octanol–water partition coefficient (Wildman–Crippen LogP) is -0.0810. The number of nitrogens with zero attached hydrogens (tertiary/aromatic N) is 1. The van der Waals surface area contributed by atoms with Gasteiger partial charge >= 0.3 is 5.97 Å². The first-order valence-corrected chi connectivity index (χ1v) is 7.03. The minimum Gasteiger partial charge on any atom is -0.464 e. The van der Waals surface area contributed by atoms with Gasteiger partial charge in [-0.1, -0.05) is 0 Å². The summed E-state index contributed by atoms with van der Waals surface area (Å²) < 4.78 is 10.6. The van der Waals surface area contributed by atoms with Crippen molar-refractivity contribution in [3.63, 3.8) is 0 Å². The fourth-order valence-electron chi connectivity index (χ4n) is 2.54. The number of carbonyl (C=O) groups excluding carboxylic acids is 2. The molecule has 6 heteroatoms. The van der Waals surface area contributed by atoms with E-state index in [9.17, 15) is 9.59 Å². The molecule has 0 aromatic carbocycles. The molecule has 2 rings (SSSR count). The Morgan fingerprint density at radius 3 is 2.95 bits per heavy atom. The van der Waals surface area contributed by atoms with Crippen LogP contribution in [-0.4, -0.2) is 61.8 Å². The second kappa shape index (κ2) is 6.86. The van der Waals surface area contributed by atoms with Gasteiger partial charge in [-0.3, -0.25) is 4.79 Å². The highest BCUT2D eigenvalue weighted by atomic mass is 16.5. The van der Waals surface area contributed by atoms with Crippen LogP contribution in [0.2, 0.25) is 0 Å². The van der Waals surface area contributed by atoms with Gasteiger partial charge in [-0.15, -0.1) is 0 Å². The van der Waals surface area contributed by atoms with Gasteiger partial charge in [0.1, 0.15) is 12.1 Å². The highest BCUT2D eigenvalue weighted by Gasteiger charge is 2.37. The Kier molecular flexibility index (Phi) is 5.15. The Morgan fingerprint density at radius 1 is 1.42 bits per heavy atom. The summed E-state index contributed by atoms with van der Waals surface area (Å²) >= 11 is 0. The highest BCUT2D eigenvalue weighted by molar-refractivity contribution is 5.87. The molecule has 0 aliphatic carbocycles. The van der Waals surface area contributed by atoms with Crippen molar-refractivity contribution in [2.45, 2.75) is 38.3 Å². The summed E-state index contributed by atoms with van der Waals surface area (Å²) in [5.74, 6) is -0.405. The molecule has 0 bridgehead atoms. The van der Waals surface area contributed by atoms with Crippen LogP contribution < -0.4 is 5.32 Å². The van der Waals surface area contributed by atoms with Gasteiger partial charge in [-0.2, -0.15) is 0 Å². The van der Waals surface area contributed by atoms with Gasteiger partial charge in [0.15, 0.2) is 0 Å². The Labute approximate surface area is 113 Å². The van der Waals surface area contributed by atoms with E-state index in [0.717, 1.165) is 19.3 Å². The molecule has 2 aliphatic heterocycles. The molecule has 108 valence electrons. The van der Waals surface area contributed by atoms with E-state index in [1.54, 1.807) is 11.8 Å². The van der Waals surface area contributed by atoms with Crippen LogP contribution in [-0.2, 0) is 19.1 Å². The maximum atomic E-state index is 12.4. The Morgan fingerprint density at radius 2 is 2.26 bits per heavy atom. The zero-order valence-corrected chi connectivity index (χ0v) is 11.4. The SMILES string of the molecule is CCOC(=O)C1CNCCN1C(=O)C1CCCCO1. The van der Waals surface area contributed by atoms with Crippen LogP contribution in [0.15, 0.2) is 0 Å². The highest BCUT2D eigenvalue weighted by Crippen LogP contribution is 2.17. The molecule has 1 N–H and O–H groups in total. The fraction of sp³-hybridized carbons (Fsp3) is 0.846. The quantitative estimate of drug-likeness (QED) is 0.727. The molecule has 0 aromatic heterocycles. The lowest BCUT2D eigenvalue weighted by atomic mass is 10.1. The van der Waals surface area contributed by atoms with Crippen molar-refractivity contribution in [3.8, 4) is 0 Å². The van der Waals surface area contributed by atoms with Crippen LogP contribution in [0.1, 0.15) is 26.2 Å². The molecular formula is C13H22N2O4. The molecule has 6 nitrogen and oxygen atoms in total. The smallest absolute Gasteiger partial charge is 0.330 e. The second-order valence-electron chi connectivity index (χ2n) is 4.86. The third-order valence-corrected chi connectivity index (χ3v) is 3.54. The summed E-state index contributed by atoms with van der Waals surface area (Å²) in [6, 6.07) is -0.522. The minimum absolute atomic E-state index is 0.0701. The number of nitrogens with one attached hydrogen (secondary N) is 1. The largest absolute Gasteiger partial charge is 0.464 e. The molecule has 2 aliphatic rings. The number of carbonyl (C=O) groups is 2. The zero-order valence-electron chi connectivity index (χ0n) is 11.4. The molecule has 0 radical (unpaired) electrons. The average molecular weight is 270 g/mol. The molecule has 2 saturated heterocycles. The molecule has 0 aromatic rings. The van der Waals surface area contributed by atoms with E-state index in [1.807, 2.05) is 0 Å². The second-order valence-corrected chi connectivity index (χ2v) is 4.86. The van der Waals surface area contributed by atoms with Gasteiger partial charge in [0, 0.05) is 26.2 Å². The Bertz CT molecular complexity index is 329. The van der Waals surface area contributed by atoms with Crippen molar-refractivity contribution < 1.29 is 19.1 Å². The minimum atomic E-state index is -0.522. The number of hydrogen-bond acceptors (Lipinski definition) is 5. The van der Waals surface area contributed by atoms with Crippen LogP contribution in [0.3, 0.4) is 0 Å². The molecule has 0 saturated carbocycles. The predicted molar refractivity (Wildman–Crippen MR) is 68.6 cm³/mol. The number of rotatable bonds is 3. The monoisotopic (exact) mass is 270 g/mol. The Hall–Kier alpha value is -1.14. The first kappa shape index (κ1) is 14.3. The molecule has 2 unspecified atom stereocenters. The Balaban J connectivity index is 2.01. The maximum absolute atomic E-state index is 12.4. The van der Waals surface area contributed by atoms with Gasteiger partial charge in [0.05, 0.1) is 6.61 Å². The first-order valence-electron chi connectivity index (χ1n) is 7.03. The van der Waals surface area contributed by atoms with Crippen molar-refractivity contribution in [2.24, 2.45) is 0 Å². The van der Waals surface area contributed by atoms with Crippen LogP contribution in [0, 0.1) is 0 Å². The lowest BCUT2D eigenvalue weighted by Gasteiger charge is -2.37. The molecule has 0 spiro atoms. The summed E-state index contributed by atoms with van der Waals surface area (Å²) in [4.78, 5) is 26.0. The van der Waals surface area contributed by atoms with Gasteiger partial charge in [-0.05, 0) is 26.2 Å². The molecule has 19 heavy (non-hydrogen) atoms. The van der Waals surface area contributed by atoms with Crippen molar-refractivity contribution in [1.82, 2.24) is 10.2 Å².